The molecule has 19 heavy (non-hydrogen) atoms. The Balaban J connectivity index is 1.80. The molecule has 0 fully saturated rings. The van der Waals surface area contributed by atoms with Crippen molar-refractivity contribution in [1.82, 2.24) is 10.4 Å². The fourth-order valence-corrected chi connectivity index (χ4v) is 3.30. The highest BCUT2D eigenvalue weighted by Gasteiger charge is 2.25. The Bertz CT molecular complexity index is 529. The van der Waals surface area contributed by atoms with E-state index in [0.29, 0.717) is 5.92 Å². The second-order valence-electron chi connectivity index (χ2n) is 4.73. The first-order chi connectivity index (χ1) is 9.38. The molecule has 0 spiro atoms. The monoisotopic (exact) mass is 275 g/mol. The third-order valence-corrected chi connectivity index (χ3v) is 4.49. The summed E-state index contributed by atoms with van der Waals surface area (Å²) in [6.45, 7) is 0.779. The number of thiazole rings is 1. The van der Waals surface area contributed by atoms with Crippen LogP contribution in [0.2, 0.25) is 0 Å². The molecule has 1 aromatic carbocycles. The molecule has 2 atom stereocenters. The number of fused-ring (bicyclic) bond motifs is 1. The van der Waals surface area contributed by atoms with Gasteiger partial charge in [-0.15, -0.1) is 11.3 Å². The Morgan fingerprint density at radius 3 is 3.16 bits per heavy atom. The van der Waals surface area contributed by atoms with Gasteiger partial charge in [0.1, 0.15) is 5.75 Å². The molecule has 0 aliphatic carbocycles. The highest BCUT2D eigenvalue weighted by Crippen LogP contribution is 2.39. The molecule has 4 nitrogen and oxygen atoms in total. The maximum atomic E-state index is 5.70. The van der Waals surface area contributed by atoms with Crippen LogP contribution in [0, 0.1) is 0 Å². The fraction of sp³-hybridized carbons (Fsp3) is 0.357. The molecule has 0 saturated carbocycles. The van der Waals surface area contributed by atoms with Crippen LogP contribution in [-0.4, -0.2) is 11.6 Å². The molecule has 0 saturated heterocycles. The number of para-hydroxylation sites is 1. The van der Waals surface area contributed by atoms with E-state index in [2.05, 4.69) is 22.5 Å². The van der Waals surface area contributed by atoms with Gasteiger partial charge in [0.2, 0.25) is 0 Å². The van der Waals surface area contributed by atoms with Crippen molar-refractivity contribution in [1.29, 1.82) is 0 Å². The van der Waals surface area contributed by atoms with Crippen LogP contribution in [-0.2, 0) is 0 Å². The summed E-state index contributed by atoms with van der Waals surface area (Å²) in [6, 6.07) is 8.43. The summed E-state index contributed by atoms with van der Waals surface area (Å²) >= 11 is 1.64. The maximum absolute atomic E-state index is 5.70. The van der Waals surface area contributed by atoms with E-state index in [0.717, 1.165) is 25.2 Å². The van der Waals surface area contributed by atoms with Gasteiger partial charge in [-0.2, -0.15) is 0 Å². The Kier molecular flexibility index (Phi) is 3.77. The molecule has 1 aliphatic heterocycles. The molecule has 2 heterocycles. The first-order valence-corrected chi connectivity index (χ1v) is 7.32. The predicted octanol–water partition coefficient (Wildman–Crippen LogP) is 2.60. The number of aromatic nitrogens is 1. The largest absolute Gasteiger partial charge is 0.493 e. The van der Waals surface area contributed by atoms with Gasteiger partial charge in [0.05, 0.1) is 18.2 Å². The van der Waals surface area contributed by atoms with E-state index in [4.69, 9.17) is 10.6 Å². The van der Waals surface area contributed by atoms with Crippen molar-refractivity contribution in [2.75, 3.05) is 6.61 Å². The SMILES string of the molecule is NNC(CC1CCOc2ccccc21)c1cncs1. The number of ether oxygens (including phenoxy) is 1. The van der Waals surface area contributed by atoms with E-state index in [9.17, 15) is 0 Å². The second-order valence-corrected chi connectivity index (χ2v) is 5.65. The molecular formula is C14H17N3OS. The van der Waals surface area contributed by atoms with Crippen molar-refractivity contribution in [3.8, 4) is 5.75 Å². The van der Waals surface area contributed by atoms with E-state index in [1.54, 1.807) is 11.3 Å². The Morgan fingerprint density at radius 2 is 2.37 bits per heavy atom. The number of nitrogens with zero attached hydrogens (tertiary/aromatic N) is 1. The Labute approximate surface area is 116 Å². The van der Waals surface area contributed by atoms with Crippen molar-refractivity contribution < 1.29 is 4.74 Å². The quantitative estimate of drug-likeness (QED) is 0.665. The molecule has 0 bridgehead atoms. The van der Waals surface area contributed by atoms with Gasteiger partial charge in [0.15, 0.2) is 0 Å². The second kappa shape index (κ2) is 5.69. The number of nitrogens with one attached hydrogen (secondary N) is 1. The highest BCUT2D eigenvalue weighted by molar-refractivity contribution is 7.09. The third-order valence-electron chi connectivity index (χ3n) is 3.60. The van der Waals surface area contributed by atoms with Crippen LogP contribution in [0.4, 0.5) is 0 Å². The van der Waals surface area contributed by atoms with Crippen molar-refractivity contribution in [2.24, 2.45) is 5.84 Å². The topological polar surface area (TPSA) is 60.2 Å². The summed E-state index contributed by atoms with van der Waals surface area (Å²) in [5, 5.41) is 0. The summed E-state index contributed by atoms with van der Waals surface area (Å²) in [5.41, 5.74) is 6.05. The molecule has 0 amide bonds. The first-order valence-electron chi connectivity index (χ1n) is 6.44. The molecule has 1 aliphatic rings. The summed E-state index contributed by atoms with van der Waals surface area (Å²) in [5.74, 6) is 7.19. The van der Waals surface area contributed by atoms with Gasteiger partial charge in [-0.3, -0.25) is 16.3 Å². The third kappa shape index (κ3) is 2.63. The van der Waals surface area contributed by atoms with Crippen molar-refractivity contribution in [3.05, 3.63) is 46.4 Å². The lowest BCUT2D eigenvalue weighted by Gasteiger charge is -2.28. The van der Waals surface area contributed by atoms with E-state index >= 15 is 0 Å². The molecule has 1 aromatic heterocycles. The van der Waals surface area contributed by atoms with Crippen molar-refractivity contribution in [3.63, 3.8) is 0 Å². The summed E-state index contributed by atoms with van der Waals surface area (Å²) in [7, 11) is 0. The number of benzene rings is 1. The molecule has 2 unspecified atom stereocenters. The smallest absolute Gasteiger partial charge is 0.122 e. The van der Waals surface area contributed by atoms with Crippen molar-refractivity contribution in [2.45, 2.75) is 24.8 Å². The van der Waals surface area contributed by atoms with Gasteiger partial charge in [-0.1, -0.05) is 18.2 Å². The van der Waals surface area contributed by atoms with Crippen LogP contribution in [0.25, 0.3) is 0 Å². The minimum atomic E-state index is 0.156. The minimum absolute atomic E-state index is 0.156. The number of rotatable bonds is 4. The Morgan fingerprint density at radius 1 is 1.47 bits per heavy atom. The average molecular weight is 275 g/mol. The number of nitrogens with two attached hydrogens (primary N) is 1. The van der Waals surface area contributed by atoms with Crippen LogP contribution in [0.5, 0.6) is 5.75 Å². The average Bonchev–Trinajstić information content (AvgIpc) is 2.99. The minimum Gasteiger partial charge on any atom is -0.493 e. The standard InChI is InChI=1S/C14H17N3OS/c15-17-12(14-8-16-9-19-14)7-10-5-6-18-13-4-2-1-3-11(10)13/h1-4,8-10,12,17H,5-7,15H2. The van der Waals surface area contributed by atoms with Gasteiger partial charge < -0.3 is 4.74 Å². The molecule has 2 aromatic rings. The van der Waals surface area contributed by atoms with E-state index in [-0.39, 0.29) is 6.04 Å². The van der Waals surface area contributed by atoms with Crippen molar-refractivity contribution >= 4 is 11.3 Å². The van der Waals surface area contributed by atoms with Gasteiger partial charge in [0, 0.05) is 11.1 Å². The lowest BCUT2D eigenvalue weighted by atomic mass is 9.87. The fourth-order valence-electron chi connectivity index (χ4n) is 2.61. The number of hydrogen-bond acceptors (Lipinski definition) is 5. The van der Waals surface area contributed by atoms with Crippen LogP contribution in [0.1, 0.15) is 35.2 Å². The summed E-state index contributed by atoms with van der Waals surface area (Å²) in [4.78, 5) is 5.31. The van der Waals surface area contributed by atoms with E-state index in [1.807, 2.05) is 23.8 Å². The first kappa shape index (κ1) is 12.6. The molecule has 3 N–H and O–H groups in total. The maximum Gasteiger partial charge on any atom is 0.122 e. The number of hydrogen-bond donors (Lipinski definition) is 2. The molecule has 100 valence electrons. The van der Waals surface area contributed by atoms with Crippen LogP contribution in [0.3, 0.4) is 0 Å². The highest BCUT2D eigenvalue weighted by atomic mass is 32.1. The zero-order chi connectivity index (χ0) is 13.1. The lowest BCUT2D eigenvalue weighted by Crippen LogP contribution is -2.29. The van der Waals surface area contributed by atoms with E-state index in [1.165, 1.54) is 10.4 Å². The van der Waals surface area contributed by atoms with Gasteiger partial charge in [-0.05, 0) is 30.4 Å². The summed E-state index contributed by atoms with van der Waals surface area (Å²) < 4.78 is 5.70. The lowest BCUT2D eigenvalue weighted by molar-refractivity contribution is 0.255. The van der Waals surface area contributed by atoms with Crippen LogP contribution >= 0.6 is 11.3 Å². The molecule has 3 rings (SSSR count). The van der Waals surface area contributed by atoms with Gasteiger partial charge in [0.25, 0.3) is 0 Å². The van der Waals surface area contributed by atoms with Gasteiger partial charge >= 0.3 is 0 Å². The Hall–Kier alpha value is -1.43. The number of hydrazine groups is 1. The summed E-state index contributed by atoms with van der Waals surface area (Å²) in [6.07, 6.45) is 3.90. The van der Waals surface area contributed by atoms with Gasteiger partial charge in [-0.25, -0.2) is 0 Å². The molecule has 5 heteroatoms. The predicted molar refractivity (Wildman–Crippen MR) is 76.1 cm³/mol. The normalized spacial score (nSPS) is 19.5. The van der Waals surface area contributed by atoms with Crippen LogP contribution < -0.4 is 16.0 Å². The zero-order valence-electron chi connectivity index (χ0n) is 10.6. The van der Waals surface area contributed by atoms with Crippen LogP contribution in [0.15, 0.2) is 36.0 Å². The molecule has 0 radical (unpaired) electrons. The molecular weight excluding hydrogens is 258 g/mol. The zero-order valence-corrected chi connectivity index (χ0v) is 11.4. The van der Waals surface area contributed by atoms with E-state index < -0.39 is 0 Å².